The molecule has 0 spiro atoms. The summed E-state index contributed by atoms with van der Waals surface area (Å²) in [7, 11) is 0. The number of amides is 2. The normalized spacial score (nSPS) is 17.1. The van der Waals surface area contributed by atoms with Gasteiger partial charge in [0.15, 0.2) is 0 Å². The summed E-state index contributed by atoms with van der Waals surface area (Å²) in [6.45, 7) is 4.75. The lowest BCUT2D eigenvalue weighted by Gasteiger charge is -2.35. The van der Waals surface area contributed by atoms with E-state index in [9.17, 15) is 9.59 Å². The van der Waals surface area contributed by atoms with Gasteiger partial charge in [-0.25, -0.2) is 4.98 Å². The van der Waals surface area contributed by atoms with E-state index in [0.717, 1.165) is 50.4 Å². The van der Waals surface area contributed by atoms with Gasteiger partial charge >= 0.3 is 0 Å². The summed E-state index contributed by atoms with van der Waals surface area (Å²) in [5, 5.41) is 6.85. The second kappa shape index (κ2) is 9.66. The summed E-state index contributed by atoms with van der Waals surface area (Å²) in [6, 6.07) is 18.5. The van der Waals surface area contributed by atoms with Crippen molar-refractivity contribution < 1.29 is 9.59 Å². The number of benzene rings is 2. The maximum atomic E-state index is 12.1. The number of carbonyl (C=O) groups excluding carboxylic acids is 2. The molecule has 2 heterocycles. The third-order valence-corrected chi connectivity index (χ3v) is 6.86. The number of nitrogens with zero attached hydrogens (tertiary/aromatic N) is 3. The van der Waals surface area contributed by atoms with Crippen LogP contribution in [0.3, 0.4) is 0 Å². The number of pyridine rings is 1. The highest BCUT2D eigenvalue weighted by molar-refractivity contribution is 5.98. The highest BCUT2D eigenvalue weighted by Crippen LogP contribution is 2.35. The molecule has 1 fully saturated rings. The second-order valence-electron chi connectivity index (χ2n) is 9.08. The van der Waals surface area contributed by atoms with Crippen LogP contribution in [0.5, 0.6) is 0 Å². The Balaban J connectivity index is 1.29. The van der Waals surface area contributed by atoms with Gasteiger partial charge in [0.1, 0.15) is 5.82 Å². The Kier molecular flexibility index (Phi) is 6.27. The fourth-order valence-electron chi connectivity index (χ4n) is 4.92. The Morgan fingerprint density at radius 1 is 1.03 bits per heavy atom. The van der Waals surface area contributed by atoms with E-state index < -0.39 is 5.91 Å². The third kappa shape index (κ3) is 4.91. The number of primary amides is 1. The van der Waals surface area contributed by atoms with Crippen molar-refractivity contribution in [3.05, 3.63) is 77.5 Å². The Morgan fingerprint density at radius 2 is 1.77 bits per heavy atom. The summed E-state index contributed by atoms with van der Waals surface area (Å²) in [5.74, 6) is 0.253. The van der Waals surface area contributed by atoms with Gasteiger partial charge in [0.05, 0.1) is 17.3 Å². The van der Waals surface area contributed by atoms with Crippen LogP contribution < -0.4 is 21.3 Å². The number of anilines is 4. The van der Waals surface area contributed by atoms with Crippen LogP contribution in [0, 0.1) is 0 Å². The first kappa shape index (κ1) is 22.7. The smallest absolute Gasteiger partial charge is 0.252 e. The van der Waals surface area contributed by atoms with Gasteiger partial charge in [0, 0.05) is 56.7 Å². The van der Waals surface area contributed by atoms with E-state index in [1.54, 1.807) is 6.92 Å². The number of hydrogen-bond acceptors (Lipinski definition) is 6. The van der Waals surface area contributed by atoms with Crippen LogP contribution in [0.2, 0.25) is 0 Å². The van der Waals surface area contributed by atoms with Crippen LogP contribution in [0.25, 0.3) is 0 Å². The van der Waals surface area contributed by atoms with Gasteiger partial charge in [-0.3, -0.25) is 9.59 Å². The maximum absolute atomic E-state index is 12.1. The Bertz CT molecular complexity index is 1230. The number of piperazine rings is 1. The van der Waals surface area contributed by atoms with Crippen molar-refractivity contribution in [2.45, 2.75) is 25.8 Å². The van der Waals surface area contributed by atoms with E-state index >= 15 is 0 Å². The lowest BCUT2D eigenvalue weighted by atomic mass is 10.1. The van der Waals surface area contributed by atoms with Gasteiger partial charge in [-0.15, -0.1) is 0 Å². The first-order valence-electron chi connectivity index (χ1n) is 12.0. The first-order chi connectivity index (χ1) is 17.0. The van der Waals surface area contributed by atoms with Crippen molar-refractivity contribution in [3.63, 3.8) is 0 Å². The van der Waals surface area contributed by atoms with E-state index in [2.05, 4.69) is 50.8 Å². The number of hydrogen-bond donors (Lipinski definition) is 3. The molecule has 0 radical (unpaired) electrons. The lowest BCUT2D eigenvalue weighted by molar-refractivity contribution is -0.129. The molecule has 1 aliphatic carbocycles. The number of fused-ring (bicyclic) bond motifs is 1. The molecule has 1 unspecified atom stereocenters. The molecule has 2 amide bonds. The second-order valence-corrected chi connectivity index (χ2v) is 9.08. The molecular weight excluding hydrogens is 440 g/mol. The van der Waals surface area contributed by atoms with E-state index in [-0.39, 0.29) is 11.9 Å². The zero-order chi connectivity index (χ0) is 24.4. The largest absolute Gasteiger partial charge is 0.377 e. The molecule has 5 rings (SSSR count). The Morgan fingerprint density at radius 3 is 2.49 bits per heavy atom. The van der Waals surface area contributed by atoms with Crippen molar-refractivity contribution in [2.75, 3.05) is 41.7 Å². The van der Waals surface area contributed by atoms with Crippen molar-refractivity contribution in [1.82, 2.24) is 9.88 Å². The van der Waals surface area contributed by atoms with Crippen LogP contribution in [0.1, 0.15) is 40.9 Å². The van der Waals surface area contributed by atoms with Gasteiger partial charge < -0.3 is 26.2 Å². The molecule has 3 aromatic rings. The van der Waals surface area contributed by atoms with Crippen molar-refractivity contribution >= 4 is 34.7 Å². The quantitative estimate of drug-likeness (QED) is 0.508. The van der Waals surface area contributed by atoms with E-state index in [4.69, 9.17) is 5.73 Å². The topological polar surface area (TPSA) is 104 Å². The molecule has 1 aromatic heterocycles. The number of carbonyl (C=O) groups is 2. The first-order valence-corrected chi connectivity index (χ1v) is 12.0. The molecule has 1 saturated heterocycles. The minimum absolute atomic E-state index is 0.127. The molecule has 1 aliphatic heterocycles. The molecule has 0 bridgehead atoms. The standard InChI is InChI=1S/C27H30N6O2/c1-18(34)32-12-14-33(15-13-32)21-9-7-20(8-10-21)30-26-16-25(23(17-29-26)27(28)35)31-24-11-6-19-4-2-3-5-22(19)24/h2-5,7-10,16-17,24H,6,11-15H2,1H3,(H2,28,35)(H2,29,30,31). The molecule has 180 valence electrons. The monoisotopic (exact) mass is 470 g/mol. The van der Waals surface area contributed by atoms with E-state index in [0.29, 0.717) is 17.1 Å². The van der Waals surface area contributed by atoms with Crippen molar-refractivity contribution in [2.24, 2.45) is 5.73 Å². The molecule has 0 saturated carbocycles. The van der Waals surface area contributed by atoms with Crippen LogP contribution >= 0.6 is 0 Å². The molecule has 2 aliphatic rings. The third-order valence-electron chi connectivity index (χ3n) is 6.86. The SMILES string of the molecule is CC(=O)N1CCN(c2ccc(Nc3cc(NC4CCc5ccccc54)c(C(N)=O)cn3)cc2)CC1. The molecule has 4 N–H and O–H groups in total. The summed E-state index contributed by atoms with van der Waals surface area (Å²) >= 11 is 0. The Hall–Kier alpha value is -4.07. The summed E-state index contributed by atoms with van der Waals surface area (Å²) in [4.78, 5) is 32.2. The minimum Gasteiger partial charge on any atom is -0.377 e. The molecule has 8 nitrogen and oxygen atoms in total. The maximum Gasteiger partial charge on any atom is 0.252 e. The fourth-order valence-corrected chi connectivity index (χ4v) is 4.92. The van der Waals surface area contributed by atoms with Crippen molar-refractivity contribution in [1.29, 1.82) is 0 Å². The number of rotatable bonds is 6. The highest BCUT2D eigenvalue weighted by Gasteiger charge is 2.23. The number of nitrogens with one attached hydrogen (secondary N) is 2. The van der Waals surface area contributed by atoms with Crippen molar-refractivity contribution in [3.8, 4) is 0 Å². The van der Waals surface area contributed by atoms with Gasteiger partial charge in [0.25, 0.3) is 5.91 Å². The summed E-state index contributed by atoms with van der Waals surface area (Å²) < 4.78 is 0. The van der Waals surface area contributed by atoms with Crippen LogP contribution in [0.4, 0.5) is 22.9 Å². The van der Waals surface area contributed by atoms with Crippen LogP contribution in [-0.4, -0.2) is 47.9 Å². The molecule has 1 atom stereocenters. The van der Waals surface area contributed by atoms with E-state index in [1.165, 1.54) is 17.3 Å². The van der Waals surface area contributed by atoms with Gasteiger partial charge in [-0.1, -0.05) is 24.3 Å². The molecule has 2 aromatic carbocycles. The van der Waals surface area contributed by atoms with Gasteiger partial charge in [-0.2, -0.15) is 0 Å². The summed E-state index contributed by atoms with van der Waals surface area (Å²) in [6.07, 6.45) is 3.49. The average molecular weight is 471 g/mol. The van der Waals surface area contributed by atoms with Crippen LogP contribution in [0.15, 0.2) is 60.8 Å². The lowest BCUT2D eigenvalue weighted by Crippen LogP contribution is -2.48. The minimum atomic E-state index is -0.507. The number of aromatic nitrogens is 1. The van der Waals surface area contributed by atoms with E-state index in [1.807, 2.05) is 29.2 Å². The zero-order valence-electron chi connectivity index (χ0n) is 19.8. The predicted octanol–water partition coefficient (Wildman–Crippen LogP) is 3.69. The van der Waals surface area contributed by atoms with Gasteiger partial charge in [0.2, 0.25) is 5.91 Å². The molecule has 35 heavy (non-hydrogen) atoms. The number of nitrogens with two attached hydrogens (primary N) is 1. The fraction of sp³-hybridized carbons (Fsp3) is 0.296. The highest BCUT2D eigenvalue weighted by atomic mass is 16.2. The van der Waals surface area contributed by atoms with Gasteiger partial charge in [-0.05, 0) is 48.2 Å². The average Bonchev–Trinajstić information content (AvgIpc) is 3.27. The predicted molar refractivity (Wildman–Crippen MR) is 138 cm³/mol. The number of aryl methyl sites for hydroxylation is 1. The molecule has 8 heteroatoms. The van der Waals surface area contributed by atoms with Crippen LogP contribution in [-0.2, 0) is 11.2 Å². The molecular formula is C27H30N6O2. The Labute approximate surface area is 205 Å². The zero-order valence-corrected chi connectivity index (χ0v) is 19.8. The summed E-state index contributed by atoms with van der Waals surface area (Å²) in [5.41, 5.74) is 11.3.